The van der Waals surface area contributed by atoms with E-state index in [9.17, 15) is 4.79 Å². The fourth-order valence-corrected chi connectivity index (χ4v) is 2.54. The minimum absolute atomic E-state index is 0.0775. The molecule has 0 fully saturated rings. The van der Waals surface area contributed by atoms with Crippen molar-refractivity contribution in [3.63, 3.8) is 0 Å². The van der Waals surface area contributed by atoms with Crippen molar-refractivity contribution in [3.8, 4) is 0 Å². The molecular formula is C16H14Cl2O2. The molecule has 0 amide bonds. The normalized spacial score (nSPS) is 12.1. The maximum atomic E-state index is 11.1. The van der Waals surface area contributed by atoms with Gasteiger partial charge in [0.15, 0.2) is 0 Å². The van der Waals surface area contributed by atoms with E-state index >= 15 is 0 Å². The van der Waals surface area contributed by atoms with E-state index in [-0.39, 0.29) is 12.3 Å². The Bertz CT molecular complexity index is 594. The zero-order valence-corrected chi connectivity index (χ0v) is 12.2. The van der Waals surface area contributed by atoms with Crippen LogP contribution >= 0.6 is 23.2 Å². The first-order chi connectivity index (χ1) is 9.54. The van der Waals surface area contributed by atoms with E-state index in [2.05, 4.69) is 0 Å². The van der Waals surface area contributed by atoms with Crippen molar-refractivity contribution >= 4 is 29.2 Å². The van der Waals surface area contributed by atoms with Gasteiger partial charge >= 0.3 is 5.97 Å². The lowest BCUT2D eigenvalue weighted by atomic mass is 9.89. The minimum Gasteiger partial charge on any atom is -0.481 e. The van der Waals surface area contributed by atoms with E-state index in [1.807, 2.05) is 30.3 Å². The van der Waals surface area contributed by atoms with E-state index < -0.39 is 5.97 Å². The van der Waals surface area contributed by atoms with Gasteiger partial charge in [0.05, 0.1) is 6.42 Å². The number of rotatable bonds is 5. The molecule has 4 heteroatoms. The van der Waals surface area contributed by atoms with Crippen molar-refractivity contribution in [2.75, 3.05) is 0 Å². The maximum Gasteiger partial charge on any atom is 0.303 e. The van der Waals surface area contributed by atoms with Crippen molar-refractivity contribution in [2.45, 2.75) is 18.8 Å². The number of carboxylic acids is 1. The van der Waals surface area contributed by atoms with Gasteiger partial charge in [0.25, 0.3) is 0 Å². The fraction of sp³-hybridized carbons (Fsp3) is 0.188. The number of carboxylic acid groups (broad SMARTS) is 1. The molecule has 0 radical (unpaired) electrons. The van der Waals surface area contributed by atoms with Gasteiger partial charge in [-0.2, -0.15) is 0 Å². The highest BCUT2D eigenvalue weighted by Gasteiger charge is 2.16. The molecule has 0 spiro atoms. The molecule has 1 unspecified atom stereocenters. The van der Waals surface area contributed by atoms with Gasteiger partial charge in [-0.3, -0.25) is 4.79 Å². The molecule has 2 aromatic rings. The van der Waals surface area contributed by atoms with Gasteiger partial charge in [-0.1, -0.05) is 47.5 Å². The number of aliphatic carboxylic acids is 1. The lowest BCUT2D eigenvalue weighted by molar-refractivity contribution is -0.137. The zero-order valence-electron chi connectivity index (χ0n) is 10.7. The molecule has 2 rings (SSSR count). The van der Waals surface area contributed by atoms with Crippen LogP contribution in [-0.2, 0) is 11.2 Å². The molecule has 0 aliphatic rings. The maximum absolute atomic E-state index is 11.1. The minimum atomic E-state index is -0.813. The van der Waals surface area contributed by atoms with Crippen molar-refractivity contribution in [1.29, 1.82) is 0 Å². The highest BCUT2D eigenvalue weighted by Crippen LogP contribution is 2.26. The third kappa shape index (κ3) is 4.26. The topological polar surface area (TPSA) is 37.3 Å². The Morgan fingerprint density at radius 2 is 1.75 bits per heavy atom. The summed E-state index contributed by atoms with van der Waals surface area (Å²) < 4.78 is 0. The van der Waals surface area contributed by atoms with Gasteiger partial charge in [0.2, 0.25) is 0 Å². The number of hydrogen-bond donors (Lipinski definition) is 1. The monoisotopic (exact) mass is 308 g/mol. The second kappa shape index (κ2) is 6.78. The first-order valence-electron chi connectivity index (χ1n) is 6.26. The second-order valence-electron chi connectivity index (χ2n) is 4.68. The number of carbonyl (C=O) groups is 1. The molecule has 0 saturated carbocycles. The molecular weight excluding hydrogens is 295 g/mol. The molecule has 0 aromatic heterocycles. The zero-order chi connectivity index (χ0) is 14.5. The third-order valence-electron chi connectivity index (χ3n) is 3.13. The number of hydrogen-bond acceptors (Lipinski definition) is 1. The van der Waals surface area contributed by atoms with Gasteiger partial charge in [-0.05, 0) is 47.7 Å². The van der Waals surface area contributed by atoms with E-state index in [0.29, 0.717) is 16.5 Å². The summed E-state index contributed by atoms with van der Waals surface area (Å²) in [4.78, 5) is 11.1. The van der Waals surface area contributed by atoms with Crippen LogP contribution in [0.15, 0.2) is 48.5 Å². The first-order valence-corrected chi connectivity index (χ1v) is 7.02. The summed E-state index contributed by atoms with van der Waals surface area (Å²) in [5.74, 6) is -0.907. The number of benzene rings is 2. The van der Waals surface area contributed by atoms with Crippen LogP contribution in [0.5, 0.6) is 0 Å². The lowest BCUT2D eigenvalue weighted by Gasteiger charge is -2.16. The van der Waals surface area contributed by atoms with Gasteiger partial charge in [-0.15, -0.1) is 0 Å². The average Bonchev–Trinajstić information content (AvgIpc) is 2.38. The summed E-state index contributed by atoms with van der Waals surface area (Å²) in [6.45, 7) is 0. The summed E-state index contributed by atoms with van der Waals surface area (Å²) in [7, 11) is 0. The highest BCUT2D eigenvalue weighted by atomic mass is 35.5. The van der Waals surface area contributed by atoms with Crippen LogP contribution in [0.4, 0.5) is 0 Å². The molecule has 104 valence electrons. The van der Waals surface area contributed by atoms with Gasteiger partial charge in [0, 0.05) is 10.0 Å². The molecule has 2 nitrogen and oxygen atoms in total. The molecule has 0 heterocycles. The van der Waals surface area contributed by atoms with Crippen LogP contribution in [0.2, 0.25) is 10.0 Å². The second-order valence-corrected chi connectivity index (χ2v) is 5.55. The van der Waals surface area contributed by atoms with Crippen LogP contribution < -0.4 is 0 Å². The Morgan fingerprint density at radius 1 is 1.05 bits per heavy atom. The predicted octanol–water partition coefficient (Wildman–Crippen LogP) is 4.79. The SMILES string of the molecule is O=C(O)CC(Cc1cccc(Cl)c1)c1ccc(Cl)cc1. The standard InChI is InChI=1S/C16H14Cl2O2/c17-14-6-4-12(5-7-14)13(10-16(19)20)8-11-2-1-3-15(18)9-11/h1-7,9,13H,8,10H2,(H,19,20). The molecule has 2 aromatic carbocycles. The smallest absolute Gasteiger partial charge is 0.303 e. The van der Waals surface area contributed by atoms with Crippen LogP contribution in [0.3, 0.4) is 0 Å². The molecule has 0 aliphatic heterocycles. The van der Waals surface area contributed by atoms with Gasteiger partial charge in [-0.25, -0.2) is 0 Å². The van der Waals surface area contributed by atoms with E-state index in [1.54, 1.807) is 18.2 Å². The fourth-order valence-electron chi connectivity index (χ4n) is 2.20. The average molecular weight is 309 g/mol. The lowest BCUT2D eigenvalue weighted by Crippen LogP contribution is -2.09. The Labute approximate surface area is 128 Å². The third-order valence-corrected chi connectivity index (χ3v) is 3.62. The summed E-state index contributed by atoms with van der Waals surface area (Å²) in [5.41, 5.74) is 2.00. The summed E-state index contributed by atoms with van der Waals surface area (Å²) in [6, 6.07) is 14.8. The molecule has 20 heavy (non-hydrogen) atoms. The van der Waals surface area contributed by atoms with Crippen LogP contribution in [0, 0.1) is 0 Å². The first kappa shape index (κ1) is 14.9. The van der Waals surface area contributed by atoms with E-state index in [4.69, 9.17) is 28.3 Å². The van der Waals surface area contributed by atoms with Crippen molar-refractivity contribution in [2.24, 2.45) is 0 Å². The van der Waals surface area contributed by atoms with Crippen molar-refractivity contribution in [3.05, 3.63) is 69.7 Å². The van der Waals surface area contributed by atoms with Gasteiger partial charge < -0.3 is 5.11 Å². The molecule has 0 saturated heterocycles. The summed E-state index contributed by atoms with van der Waals surface area (Å²) >= 11 is 11.8. The predicted molar refractivity (Wildman–Crippen MR) is 81.6 cm³/mol. The highest BCUT2D eigenvalue weighted by molar-refractivity contribution is 6.30. The summed E-state index contributed by atoms with van der Waals surface area (Å²) in [5, 5.41) is 10.4. The number of halogens is 2. The molecule has 1 atom stereocenters. The Kier molecular flexibility index (Phi) is 5.05. The van der Waals surface area contributed by atoms with Gasteiger partial charge in [0.1, 0.15) is 0 Å². The van der Waals surface area contributed by atoms with E-state index in [1.165, 1.54) is 0 Å². The quantitative estimate of drug-likeness (QED) is 0.862. The Balaban J connectivity index is 2.23. The van der Waals surface area contributed by atoms with E-state index in [0.717, 1.165) is 11.1 Å². The molecule has 0 aliphatic carbocycles. The Hall–Kier alpha value is -1.51. The Morgan fingerprint density at radius 3 is 2.35 bits per heavy atom. The molecule has 0 bridgehead atoms. The largest absolute Gasteiger partial charge is 0.481 e. The van der Waals surface area contributed by atoms with Crippen LogP contribution in [0.1, 0.15) is 23.5 Å². The van der Waals surface area contributed by atoms with Crippen molar-refractivity contribution < 1.29 is 9.90 Å². The molecule has 1 N–H and O–H groups in total. The van der Waals surface area contributed by atoms with Crippen LogP contribution in [0.25, 0.3) is 0 Å². The summed E-state index contributed by atoms with van der Waals surface area (Å²) in [6.07, 6.45) is 0.711. The van der Waals surface area contributed by atoms with Crippen molar-refractivity contribution in [1.82, 2.24) is 0 Å². The van der Waals surface area contributed by atoms with Crippen LogP contribution in [-0.4, -0.2) is 11.1 Å².